The van der Waals surface area contributed by atoms with Crippen LogP contribution in [0.5, 0.6) is 0 Å². The summed E-state index contributed by atoms with van der Waals surface area (Å²) < 4.78 is 5.90. The molecule has 1 N–H and O–H groups in total. The Kier molecular flexibility index (Phi) is 8.35. The van der Waals surface area contributed by atoms with Gasteiger partial charge in [0, 0.05) is 32.4 Å². The Morgan fingerprint density at radius 2 is 1.81 bits per heavy atom. The summed E-state index contributed by atoms with van der Waals surface area (Å²) in [5.41, 5.74) is 5.32. The number of hydrogen-bond acceptors (Lipinski definition) is 4. The van der Waals surface area contributed by atoms with Crippen molar-refractivity contribution in [2.45, 2.75) is 39.7 Å². The maximum absolute atomic E-state index is 5.90. The quantitative estimate of drug-likeness (QED) is 0.619. The highest BCUT2D eigenvalue weighted by molar-refractivity contribution is 5.47. The van der Waals surface area contributed by atoms with Gasteiger partial charge in [0.25, 0.3) is 0 Å². The van der Waals surface area contributed by atoms with E-state index in [2.05, 4.69) is 41.6 Å². The average Bonchev–Trinajstić information content (AvgIpc) is 2.49. The van der Waals surface area contributed by atoms with Gasteiger partial charge in [-0.25, -0.2) is 5.48 Å². The van der Waals surface area contributed by atoms with E-state index in [9.17, 15) is 0 Å². The van der Waals surface area contributed by atoms with Crippen molar-refractivity contribution < 1.29 is 9.57 Å². The van der Waals surface area contributed by atoms with Gasteiger partial charge >= 0.3 is 0 Å². The smallest absolute Gasteiger partial charge is 0.0703 e. The number of nitrogens with one attached hydrogen (secondary N) is 1. The first-order valence-electron chi connectivity index (χ1n) is 7.51. The zero-order chi connectivity index (χ0) is 14.2. The van der Waals surface area contributed by atoms with Gasteiger partial charge in [-0.3, -0.25) is 0 Å². The van der Waals surface area contributed by atoms with E-state index >= 15 is 0 Å². The van der Waals surface area contributed by atoms with Crippen molar-refractivity contribution >= 4 is 5.69 Å². The molecule has 1 fully saturated rings. The Morgan fingerprint density at radius 1 is 1.14 bits per heavy atom. The molecule has 0 bridgehead atoms. The fourth-order valence-corrected chi connectivity index (χ4v) is 2.52. The van der Waals surface area contributed by atoms with Gasteiger partial charge in [-0.1, -0.05) is 25.1 Å². The summed E-state index contributed by atoms with van der Waals surface area (Å²) in [6, 6.07) is 8.79. The molecular formula is C17H30N2O2. The van der Waals surface area contributed by atoms with E-state index in [4.69, 9.17) is 9.57 Å². The van der Waals surface area contributed by atoms with Gasteiger partial charge in [0.05, 0.1) is 12.7 Å². The molecule has 0 atom stereocenters. The lowest BCUT2D eigenvalue weighted by Gasteiger charge is -2.33. The normalized spacial score (nSPS) is 15.8. The SMILES string of the molecule is C.CNOCCCOC1CCN(c2ccc(C)cc2)CC1. The minimum Gasteiger partial charge on any atom is -0.378 e. The van der Waals surface area contributed by atoms with Gasteiger partial charge in [0.1, 0.15) is 0 Å². The summed E-state index contributed by atoms with van der Waals surface area (Å²) in [4.78, 5) is 7.52. The van der Waals surface area contributed by atoms with Crippen molar-refractivity contribution in [3.63, 3.8) is 0 Å². The molecule has 2 rings (SSSR count). The molecule has 0 amide bonds. The first kappa shape index (κ1) is 18.0. The van der Waals surface area contributed by atoms with Gasteiger partial charge in [-0.2, -0.15) is 0 Å². The molecule has 1 heterocycles. The molecule has 1 aromatic carbocycles. The number of aryl methyl sites for hydroxylation is 1. The van der Waals surface area contributed by atoms with E-state index in [1.54, 1.807) is 7.05 Å². The van der Waals surface area contributed by atoms with Crippen molar-refractivity contribution in [3.8, 4) is 0 Å². The summed E-state index contributed by atoms with van der Waals surface area (Å²) >= 11 is 0. The largest absolute Gasteiger partial charge is 0.378 e. The van der Waals surface area contributed by atoms with Gasteiger partial charge in [-0.15, -0.1) is 0 Å². The summed E-state index contributed by atoms with van der Waals surface area (Å²) in [6.07, 6.45) is 3.58. The van der Waals surface area contributed by atoms with E-state index in [1.807, 2.05) is 0 Å². The average molecular weight is 294 g/mol. The fourth-order valence-electron chi connectivity index (χ4n) is 2.52. The summed E-state index contributed by atoms with van der Waals surface area (Å²) in [5.74, 6) is 0. The number of rotatable bonds is 7. The maximum atomic E-state index is 5.90. The number of ether oxygens (including phenoxy) is 1. The lowest BCUT2D eigenvalue weighted by atomic mass is 10.1. The van der Waals surface area contributed by atoms with E-state index in [0.29, 0.717) is 12.7 Å². The molecule has 0 radical (unpaired) electrons. The van der Waals surface area contributed by atoms with Crippen LogP contribution in [0, 0.1) is 6.92 Å². The standard InChI is InChI=1S/C16H26N2O2.CH4/c1-14-4-6-15(7-5-14)18-10-8-16(9-11-18)19-12-3-13-20-17-2;/h4-7,16-17H,3,8-13H2,1-2H3;1H4. The Balaban J connectivity index is 0.00000220. The Bertz CT molecular complexity index is 373. The fraction of sp³-hybridized carbons (Fsp3) is 0.647. The van der Waals surface area contributed by atoms with Crippen LogP contribution in [-0.4, -0.2) is 39.5 Å². The van der Waals surface area contributed by atoms with E-state index in [-0.39, 0.29) is 7.43 Å². The number of hydroxylamine groups is 1. The number of piperidine rings is 1. The summed E-state index contributed by atoms with van der Waals surface area (Å²) in [7, 11) is 1.78. The van der Waals surface area contributed by atoms with Crippen LogP contribution < -0.4 is 10.4 Å². The highest BCUT2D eigenvalue weighted by atomic mass is 16.6. The monoisotopic (exact) mass is 294 g/mol. The zero-order valence-electron chi connectivity index (χ0n) is 12.6. The molecule has 21 heavy (non-hydrogen) atoms. The van der Waals surface area contributed by atoms with Crippen LogP contribution >= 0.6 is 0 Å². The molecule has 0 unspecified atom stereocenters. The molecule has 1 aromatic rings. The van der Waals surface area contributed by atoms with Crippen molar-refractivity contribution in [3.05, 3.63) is 29.8 Å². The van der Waals surface area contributed by atoms with E-state index < -0.39 is 0 Å². The predicted molar refractivity (Wildman–Crippen MR) is 88.7 cm³/mol. The van der Waals surface area contributed by atoms with Crippen molar-refractivity contribution in [2.24, 2.45) is 0 Å². The van der Waals surface area contributed by atoms with Crippen LogP contribution in [0.25, 0.3) is 0 Å². The third-order valence-electron chi connectivity index (χ3n) is 3.73. The minimum absolute atomic E-state index is 0. The Labute approximate surface area is 129 Å². The molecule has 0 spiro atoms. The van der Waals surface area contributed by atoms with Gasteiger partial charge in [0.2, 0.25) is 0 Å². The second-order valence-electron chi connectivity index (χ2n) is 5.30. The molecule has 1 aliphatic rings. The number of anilines is 1. The Morgan fingerprint density at radius 3 is 2.43 bits per heavy atom. The van der Waals surface area contributed by atoms with Crippen LogP contribution in [-0.2, 0) is 9.57 Å². The first-order chi connectivity index (χ1) is 9.79. The van der Waals surface area contributed by atoms with Crippen molar-refractivity contribution in [2.75, 3.05) is 38.3 Å². The molecule has 0 aliphatic carbocycles. The van der Waals surface area contributed by atoms with Crippen LogP contribution in [0.1, 0.15) is 32.3 Å². The molecule has 4 nitrogen and oxygen atoms in total. The lowest BCUT2D eigenvalue weighted by Crippen LogP contribution is -2.37. The minimum atomic E-state index is 0. The topological polar surface area (TPSA) is 33.7 Å². The molecule has 1 saturated heterocycles. The van der Waals surface area contributed by atoms with Crippen molar-refractivity contribution in [1.82, 2.24) is 5.48 Å². The number of hydrogen-bond donors (Lipinski definition) is 1. The highest BCUT2D eigenvalue weighted by Gasteiger charge is 2.19. The molecular weight excluding hydrogens is 264 g/mol. The van der Waals surface area contributed by atoms with Gasteiger partial charge < -0.3 is 14.5 Å². The van der Waals surface area contributed by atoms with Crippen LogP contribution in [0.2, 0.25) is 0 Å². The second-order valence-corrected chi connectivity index (χ2v) is 5.30. The van der Waals surface area contributed by atoms with Crippen molar-refractivity contribution in [1.29, 1.82) is 0 Å². The van der Waals surface area contributed by atoms with Crippen LogP contribution in [0.4, 0.5) is 5.69 Å². The molecule has 4 heteroatoms. The first-order valence-corrected chi connectivity index (χ1v) is 7.51. The van der Waals surface area contributed by atoms with E-state index in [1.165, 1.54) is 11.3 Å². The zero-order valence-corrected chi connectivity index (χ0v) is 12.6. The lowest BCUT2D eigenvalue weighted by molar-refractivity contribution is 0.00454. The number of benzene rings is 1. The van der Waals surface area contributed by atoms with Crippen LogP contribution in [0.15, 0.2) is 24.3 Å². The molecule has 120 valence electrons. The van der Waals surface area contributed by atoms with E-state index in [0.717, 1.165) is 39.0 Å². The van der Waals surface area contributed by atoms with Gasteiger partial charge in [-0.05, 0) is 38.3 Å². The predicted octanol–water partition coefficient (Wildman–Crippen LogP) is 3.16. The van der Waals surface area contributed by atoms with Gasteiger partial charge in [0.15, 0.2) is 0 Å². The number of nitrogens with zero attached hydrogens (tertiary/aromatic N) is 1. The second kappa shape index (κ2) is 9.77. The highest BCUT2D eigenvalue weighted by Crippen LogP contribution is 2.21. The third kappa shape index (κ3) is 6.04. The molecule has 1 aliphatic heterocycles. The molecule has 0 saturated carbocycles. The summed E-state index contributed by atoms with van der Waals surface area (Å²) in [5, 5.41) is 0. The molecule has 0 aromatic heterocycles. The van der Waals surface area contributed by atoms with Crippen LogP contribution in [0.3, 0.4) is 0 Å². The third-order valence-corrected chi connectivity index (χ3v) is 3.73. The maximum Gasteiger partial charge on any atom is 0.0703 e. The Hall–Kier alpha value is -1.10. The summed E-state index contributed by atoms with van der Waals surface area (Å²) in [6.45, 7) is 5.79.